The first-order chi connectivity index (χ1) is 28.6. The Kier molecular flexibility index (Phi) is 15.6. The molecule has 6 aromatic rings. The average molecular weight is 801 g/mol. The molecule has 10 heteroatoms. The lowest BCUT2D eigenvalue weighted by molar-refractivity contribution is -0.313. The van der Waals surface area contributed by atoms with E-state index in [0.717, 1.165) is 33.4 Å². The number of hydrogen-bond acceptors (Lipinski definition) is 9. The third-order valence-electron chi connectivity index (χ3n) is 9.54. The van der Waals surface area contributed by atoms with Gasteiger partial charge in [-0.3, -0.25) is 13.6 Å². The molecule has 0 bridgehead atoms. The summed E-state index contributed by atoms with van der Waals surface area (Å²) in [6.07, 6.45) is -4.54. The molecule has 1 unspecified atom stereocenters. The molecule has 9 nitrogen and oxygen atoms in total. The van der Waals surface area contributed by atoms with E-state index in [0.29, 0.717) is 6.61 Å². The van der Waals surface area contributed by atoms with Gasteiger partial charge in [0.05, 0.1) is 46.2 Å². The Hall–Kier alpha value is -4.77. The van der Waals surface area contributed by atoms with Gasteiger partial charge in [0.15, 0.2) is 6.29 Å². The maximum Gasteiger partial charge on any atom is 0.477 e. The molecule has 1 fully saturated rings. The molecule has 1 aliphatic heterocycles. The van der Waals surface area contributed by atoms with Crippen LogP contribution in [0.1, 0.15) is 33.4 Å². The second-order valence-corrected chi connectivity index (χ2v) is 15.5. The summed E-state index contributed by atoms with van der Waals surface area (Å²) >= 11 is 0. The number of ether oxygens (including phenoxy) is 5. The van der Waals surface area contributed by atoms with Crippen LogP contribution in [0.4, 0.5) is 0 Å². The van der Waals surface area contributed by atoms with Gasteiger partial charge in [-0.15, -0.1) is 0 Å². The summed E-state index contributed by atoms with van der Waals surface area (Å²) in [5.41, 5.74) is 5.43. The topological polar surface area (TPSA) is 90.9 Å². The van der Waals surface area contributed by atoms with Crippen LogP contribution in [0.2, 0.25) is 0 Å². The van der Waals surface area contributed by atoms with E-state index in [2.05, 4.69) is 0 Å². The molecule has 6 aromatic carbocycles. The molecule has 0 aliphatic carbocycles. The van der Waals surface area contributed by atoms with Crippen molar-refractivity contribution in [3.63, 3.8) is 0 Å². The molecule has 7 rings (SSSR count). The van der Waals surface area contributed by atoms with Gasteiger partial charge in [-0.1, -0.05) is 182 Å². The summed E-state index contributed by atoms with van der Waals surface area (Å²) in [5.74, 6) is 0. The summed E-state index contributed by atoms with van der Waals surface area (Å²) in [7, 11) is -4.38. The third-order valence-corrected chi connectivity index (χ3v) is 10.9. The molecular weight excluding hydrogens is 751 g/mol. The highest BCUT2D eigenvalue weighted by molar-refractivity contribution is 7.48. The van der Waals surface area contributed by atoms with E-state index in [4.69, 9.17) is 37.3 Å². The van der Waals surface area contributed by atoms with Crippen molar-refractivity contribution in [2.24, 2.45) is 0 Å². The van der Waals surface area contributed by atoms with Crippen LogP contribution in [0.15, 0.2) is 182 Å². The van der Waals surface area contributed by atoms with Crippen LogP contribution in [0.3, 0.4) is 0 Å². The molecule has 300 valence electrons. The van der Waals surface area contributed by atoms with Crippen LogP contribution in [0, 0.1) is 0 Å². The Balaban J connectivity index is 1.23. The lowest BCUT2D eigenvalue weighted by Crippen LogP contribution is -2.61. The molecule has 1 aliphatic rings. The van der Waals surface area contributed by atoms with Crippen molar-refractivity contribution in [2.75, 3.05) is 6.61 Å². The standard InChI is InChI=1S/C48H49O9P/c49-58(54-35-42-27-15-5-16-28-42,55-36-43-29-17-6-18-30-43)57-48-47(53-34-41-25-13-4-14-26-41)46(52-33-40-23-11-3-12-24-40)45(51-32-39-21-9-2-10-22-39)44(56-48)37-50-31-38-19-7-1-8-20-38/h1-30,44-48H,31-37H2/t44-,45-,46+,47+,48?/m1/s1. The van der Waals surface area contributed by atoms with Crippen molar-refractivity contribution in [2.45, 2.75) is 70.3 Å². The molecule has 0 radical (unpaired) electrons. The van der Waals surface area contributed by atoms with Crippen molar-refractivity contribution in [1.82, 2.24) is 0 Å². The first kappa shape index (κ1) is 41.4. The third kappa shape index (κ3) is 12.6. The Morgan fingerprint density at radius 1 is 0.397 bits per heavy atom. The largest absolute Gasteiger partial charge is 0.477 e. The van der Waals surface area contributed by atoms with Crippen LogP contribution < -0.4 is 0 Å². The number of rotatable bonds is 21. The van der Waals surface area contributed by atoms with Gasteiger partial charge in [-0.05, 0) is 33.4 Å². The van der Waals surface area contributed by atoms with Crippen molar-refractivity contribution >= 4 is 7.82 Å². The summed E-state index contributed by atoms with van der Waals surface area (Å²) < 4.78 is 67.0. The van der Waals surface area contributed by atoms with Gasteiger partial charge in [0.2, 0.25) is 0 Å². The minimum Gasteiger partial charge on any atom is -0.374 e. The fourth-order valence-electron chi connectivity index (χ4n) is 6.51. The smallest absolute Gasteiger partial charge is 0.374 e. The van der Waals surface area contributed by atoms with Crippen LogP contribution >= 0.6 is 7.82 Å². The van der Waals surface area contributed by atoms with E-state index in [-0.39, 0.29) is 39.6 Å². The predicted octanol–water partition coefficient (Wildman–Crippen LogP) is 10.2. The average Bonchev–Trinajstić information content (AvgIpc) is 3.28. The van der Waals surface area contributed by atoms with E-state index in [1.165, 1.54) is 0 Å². The first-order valence-corrected chi connectivity index (χ1v) is 21.0. The van der Waals surface area contributed by atoms with E-state index >= 15 is 0 Å². The van der Waals surface area contributed by atoms with Gasteiger partial charge >= 0.3 is 7.82 Å². The summed E-state index contributed by atoms with van der Waals surface area (Å²) in [4.78, 5) is 0. The summed E-state index contributed by atoms with van der Waals surface area (Å²) in [5, 5.41) is 0. The number of benzene rings is 6. The highest BCUT2D eigenvalue weighted by Gasteiger charge is 2.51. The normalized spacial score (nSPS) is 19.5. The molecule has 0 amide bonds. The quantitative estimate of drug-likeness (QED) is 0.0660. The summed E-state index contributed by atoms with van der Waals surface area (Å²) in [6.45, 7) is 1.06. The predicted molar refractivity (Wildman–Crippen MR) is 221 cm³/mol. The Bertz CT molecular complexity index is 2030. The highest BCUT2D eigenvalue weighted by atomic mass is 31.2. The molecule has 1 heterocycles. The molecule has 0 N–H and O–H groups in total. The molecule has 5 atom stereocenters. The van der Waals surface area contributed by atoms with E-state index in [1.54, 1.807) is 0 Å². The maximum absolute atomic E-state index is 14.9. The van der Waals surface area contributed by atoms with Gasteiger partial charge in [0.1, 0.15) is 24.4 Å². The SMILES string of the molecule is O=P(OCc1ccccc1)(OCc1ccccc1)OC1O[C@H](COCc2ccccc2)[C@@H](OCc2ccccc2)[C@H](OCc2ccccc2)[C@@H]1OCc1ccccc1. The second kappa shape index (κ2) is 21.8. The summed E-state index contributed by atoms with van der Waals surface area (Å²) in [6, 6.07) is 58.4. The molecule has 0 spiro atoms. The molecule has 0 saturated carbocycles. The number of phosphoric acid groups is 1. The minimum absolute atomic E-state index is 0.0322. The Morgan fingerprint density at radius 2 is 0.724 bits per heavy atom. The first-order valence-electron chi connectivity index (χ1n) is 19.5. The van der Waals surface area contributed by atoms with E-state index < -0.39 is 38.5 Å². The van der Waals surface area contributed by atoms with Crippen LogP contribution in [-0.2, 0) is 81.5 Å². The molecule has 1 saturated heterocycles. The zero-order chi connectivity index (χ0) is 39.7. The van der Waals surface area contributed by atoms with Gasteiger partial charge in [0.25, 0.3) is 0 Å². The zero-order valence-corrected chi connectivity index (χ0v) is 33.2. The second-order valence-electron chi connectivity index (χ2n) is 13.9. The lowest BCUT2D eigenvalue weighted by atomic mass is 9.98. The van der Waals surface area contributed by atoms with Crippen LogP contribution in [0.25, 0.3) is 0 Å². The van der Waals surface area contributed by atoms with Gasteiger partial charge in [-0.25, -0.2) is 4.57 Å². The fourth-order valence-corrected chi connectivity index (χ4v) is 7.75. The Labute approximate surface area is 341 Å². The van der Waals surface area contributed by atoms with Gasteiger partial charge in [0, 0.05) is 0 Å². The fraction of sp³-hybridized carbons (Fsp3) is 0.250. The van der Waals surface area contributed by atoms with Crippen molar-refractivity contribution in [3.8, 4) is 0 Å². The Morgan fingerprint density at radius 3 is 1.12 bits per heavy atom. The lowest BCUT2D eigenvalue weighted by Gasteiger charge is -2.46. The van der Waals surface area contributed by atoms with Crippen molar-refractivity contribution in [1.29, 1.82) is 0 Å². The van der Waals surface area contributed by atoms with E-state index in [1.807, 2.05) is 182 Å². The monoisotopic (exact) mass is 800 g/mol. The van der Waals surface area contributed by atoms with Gasteiger partial charge in [-0.2, -0.15) is 0 Å². The minimum atomic E-state index is -4.38. The molecule has 0 aromatic heterocycles. The highest BCUT2D eigenvalue weighted by Crippen LogP contribution is 2.54. The van der Waals surface area contributed by atoms with Crippen LogP contribution in [-0.4, -0.2) is 37.3 Å². The van der Waals surface area contributed by atoms with Crippen LogP contribution in [0.5, 0.6) is 0 Å². The van der Waals surface area contributed by atoms with E-state index in [9.17, 15) is 4.57 Å². The number of hydrogen-bond donors (Lipinski definition) is 0. The molecule has 58 heavy (non-hydrogen) atoms. The van der Waals surface area contributed by atoms with Gasteiger partial charge < -0.3 is 23.7 Å². The molecular formula is C48H49O9P. The zero-order valence-electron chi connectivity index (χ0n) is 32.3. The van der Waals surface area contributed by atoms with Crippen molar-refractivity contribution < 1.29 is 41.8 Å². The van der Waals surface area contributed by atoms with Crippen molar-refractivity contribution in [3.05, 3.63) is 215 Å². The maximum atomic E-state index is 14.9. The number of phosphoric ester groups is 1.